The number of ether oxygens (including phenoxy) is 1. The lowest BCUT2D eigenvalue weighted by Crippen LogP contribution is -2.44. The lowest BCUT2D eigenvalue weighted by atomic mass is 9.96. The predicted molar refractivity (Wildman–Crippen MR) is 101 cm³/mol. The van der Waals surface area contributed by atoms with E-state index in [1.54, 1.807) is 18.1 Å². The summed E-state index contributed by atoms with van der Waals surface area (Å²) < 4.78 is 5.18. The van der Waals surface area contributed by atoms with Crippen LogP contribution in [-0.2, 0) is 11.3 Å². The number of urea groups is 1. The number of methoxy groups -OCH3 is 1. The zero-order valence-electron chi connectivity index (χ0n) is 14.7. The Morgan fingerprint density at radius 3 is 2.59 bits per heavy atom. The van der Waals surface area contributed by atoms with Gasteiger partial charge in [0.2, 0.25) is 0 Å². The molecule has 0 bridgehead atoms. The molecule has 7 heteroatoms. The number of carbonyl (C=O) groups excluding carboxylic acids is 2. The zero-order chi connectivity index (χ0) is 19.0. The number of amides is 3. The maximum absolute atomic E-state index is 13.1. The summed E-state index contributed by atoms with van der Waals surface area (Å²) >= 11 is 6.23. The van der Waals surface area contributed by atoms with Crippen LogP contribution in [0.3, 0.4) is 0 Å². The standard InChI is InChI=1S/C20H18ClN3O3/c1-27-14-8-6-12(7-9-14)18-17-16(22-20(26)23-18)11-24(19(17)25)10-13-4-2-3-5-15(13)21/h2-9,18H,10-11H2,1H3,(H2,22,23,26)/t18-/m0/s1. The highest BCUT2D eigenvalue weighted by Crippen LogP contribution is 2.34. The Labute approximate surface area is 161 Å². The quantitative estimate of drug-likeness (QED) is 0.852. The average molecular weight is 384 g/mol. The molecule has 0 saturated heterocycles. The van der Waals surface area contributed by atoms with Gasteiger partial charge in [-0.25, -0.2) is 4.79 Å². The Morgan fingerprint density at radius 2 is 1.89 bits per heavy atom. The van der Waals surface area contributed by atoms with Crippen molar-refractivity contribution in [2.45, 2.75) is 12.6 Å². The Kier molecular flexibility index (Phi) is 4.49. The second-order valence-electron chi connectivity index (χ2n) is 6.45. The van der Waals surface area contributed by atoms with Crippen molar-refractivity contribution in [3.63, 3.8) is 0 Å². The van der Waals surface area contributed by atoms with Crippen LogP contribution in [0.1, 0.15) is 17.2 Å². The van der Waals surface area contributed by atoms with E-state index < -0.39 is 6.04 Å². The lowest BCUT2D eigenvalue weighted by Gasteiger charge is -2.25. The van der Waals surface area contributed by atoms with Gasteiger partial charge in [0.25, 0.3) is 5.91 Å². The number of hydrogen-bond donors (Lipinski definition) is 2. The van der Waals surface area contributed by atoms with Crippen molar-refractivity contribution in [1.29, 1.82) is 0 Å². The molecule has 138 valence electrons. The van der Waals surface area contributed by atoms with Gasteiger partial charge in [-0.1, -0.05) is 41.9 Å². The number of benzene rings is 2. The topological polar surface area (TPSA) is 70.7 Å². The van der Waals surface area contributed by atoms with Crippen molar-refractivity contribution < 1.29 is 14.3 Å². The largest absolute Gasteiger partial charge is 0.497 e. The molecule has 0 aromatic heterocycles. The minimum absolute atomic E-state index is 0.113. The number of hydrogen-bond acceptors (Lipinski definition) is 3. The zero-order valence-corrected chi connectivity index (χ0v) is 15.4. The Hall–Kier alpha value is -2.99. The van der Waals surface area contributed by atoms with E-state index >= 15 is 0 Å². The van der Waals surface area contributed by atoms with Crippen LogP contribution in [-0.4, -0.2) is 30.5 Å². The first-order chi connectivity index (χ1) is 13.1. The number of rotatable bonds is 4. The number of carbonyl (C=O) groups is 2. The first kappa shape index (κ1) is 17.4. The summed E-state index contributed by atoms with van der Waals surface area (Å²) in [5.41, 5.74) is 2.89. The Morgan fingerprint density at radius 1 is 1.15 bits per heavy atom. The van der Waals surface area contributed by atoms with Crippen LogP contribution in [0.25, 0.3) is 0 Å². The van der Waals surface area contributed by atoms with Crippen LogP contribution in [0.4, 0.5) is 4.79 Å². The van der Waals surface area contributed by atoms with E-state index in [1.165, 1.54) is 0 Å². The molecule has 0 spiro atoms. The third-order valence-corrected chi connectivity index (χ3v) is 5.16. The fraction of sp³-hybridized carbons (Fsp3) is 0.200. The molecule has 6 nitrogen and oxygen atoms in total. The van der Waals surface area contributed by atoms with Crippen molar-refractivity contribution in [2.75, 3.05) is 13.7 Å². The summed E-state index contributed by atoms with van der Waals surface area (Å²) in [6.07, 6.45) is 0. The second-order valence-corrected chi connectivity index (χ2v) is 6.86. The summed E-state index contributed by atoms with van der Waals surface area (Å²) in [7, 11) is 1.59. The maximum Gasteiger partial charge on any atom is 0.319 e. The SMILES string of the molecule is COc1ccc([C@@H]2NC(=O)NC3=C2C(=O)N(Cc2ccccc2Cl)C3)cc1. The highest BCUT2D eigenvalue weighted by molar-refractivity contribution is 6.31. The maximum atomic E-state index is 13.1. The van der Waals surface area contributed by atoms with Gasteiger partial charge < -0.3 is 20.3 Å². The molecule has 0 unspecified atom stereocenters. The second kappa shape index (κ2) is 6.96. The smallest absolute Gasteiger partial charge is 0.319 e. The Bertz CT molecular complexity index is 940. The molecule has 0 fully saturated rings. The van der Waals surface area contributed by atoms with Crippen molar-refractivity contribution in [2.24, 2.45) is 0 Å². The van der Waals surface area contributed by atoms with Gasteiger partial charge in [0.1, 0.15) is 5.75 Å². The molecular weight excluding hydrogens is 366 g/mol. The molecule has 2 N–H and O–H groups in total. The number of halogens is 1. The van der Waals surface area contributed by atoms with E-state index in [0.29, 0.717) is 35.1 Å². The highest BCUT2D eigenvalue weighted by atomic mass is 35.5. The third kappa shape index (κ3) is 3.24. The van der Waals surface area contributed by atoms with Crippen molar-refractivity contribution in [3.05, 3.63) is 76.0 Å². The summed E-state index contributed by atoms with van der Waals surface area (Å²) in [6, 6.07) is 13.9. The van der Waals surface area contributed by atoms with Crippen LogP contribution >= 0.6 is 11.6 Å². The summed E-state index contributed by atoms with van der Waals surface area (Å²) in [5.74, 6) is 0.601. The highest BCUT2D eigenvalue weighted by Gasteiger charge is 2.40. The molecule has 4 rings (SSSR count). The fourth-order valence-electron chi connectivity index (χ4n) is 3.43. The monoisotopic (exact) mass is 383 g/mol. The molecule has 0 radical (unpaired) electrons. The van der Waals surface area contributed by atoms with Gasteiger partial charge in [0.05, 0.1) is 31.0 Å². The molecule has 3 amide bonds. The van der Waals surface area contributed by atoms with Gasteiger partial charge >= 0.3 is 6.03 Å². The first-order valence-electron chi connectivity index (χ1n) is 8.54. The van der Waals surface area contributed by atoms with Crippen LogP contribution in [0, 0.1) is 0 Å². The van der Waals surface area contributed by atoms with Crippen LogP contribution in [0.5, 0.6) is 5.75 Å². The van der Waals surface area contributed by atoms with Crippen LogP contribution in [0.15, 0.2) is 59.8 Å². The summed E-state index contributed by atoms with van der Waals surface area (Å²) in [4.78, 5) is 26.9. The van der Waals surface area contributed by atoms with Gasteiger partial charge in [0, 0.05) is 11.6 Å². The van der Waals surface area contributed by atoms with Crippen molar-refractivity contribution in [3.8, 4) is 5.75 Å². The van der Waals surface area contributed by atoms with E-state index in [2.05, 4.69) is 10.6 Å². The molecule has 2 aromatic rings. The average Bonchev–Trinajstić information content (AvgIpc) is 2.98. The van der Waals surface area contributed by atoms with Crippen molar-refractivity contribution in [1.82, 2.24) is 15.5 Å². The van der Waals surface area contributed by atoms with Gasteiger partial charge in [-0.3, -0.25) is 4.79 Å². The minimum Gasteiger partial charge on any atom is -0.497 e. The van der Waals surface area contributed by atoms with E-state index in [0.717, 1.165) is 11.1 Å². The van der Waals surface area contributed by atoms with Crippen LogP contribution < -0.4 is 15.4 Å². The normalized spacial score (nSPS) is 18.9. The Balaban J connectivity index is 1.62. The van der Waals surface area contributed by atoms with E-state index in [9.17, 15) is 9.59 Å². The molecule has 27 heavy (non-hydrogen) atoms. The van der Waals surface area contributed by atoms with Gasteiger partial charge in [-0.15, -0.1) is 0 Å². The summed E-state index contributed by atoms with van der Waals surface area (Å²) in [6.45, 7) is 0.732. The predicted octanol–water partition coefficient (Wildman–Crippen LogP) is 3.00. The molecule has 0 saturated carbocycles. The minimum atomic E-state index is -0.497. The van der Waals surface area contributed by atoms with E-state index in [4.69, 9.17) is 16.3 Å². The molecule has 0 aliphatic carbocycles. The van der Waals surface area contributed by atoms with E-state index in [-0.39, 0.29) is 11.9 Å². The van der Waals surface area contributed by atoms with Crippen molar-refractivity contribution >= 4 is 23.5 Å². The first-order valence-corrected chi connectivity index (χ1v) is 8.92. The van der Waals surface area contributed by atoms with Gasteiger partial charge in [0.15, 0.2) is 0 Å². The molecule has 2 aliphatic rings. The van der Waals surface area contributed by atoms with Gasteiger partial charge in [-0.05, 0) is 29.3 Å². The fourth-order valence-corrected chi connectivity index (χ4v) is 3.63. The lowest BCUT2D eigenvalue weighted by molar-refractivity contribution is -0.126. The van der Waals surface area contributed by atoms with Gasteiger partial charge in [-0.2, -0.15) is 0 Å². The molecule has 2 aromatic carbocycles. The summed E-state index contributed by atoms with van der Waals surface area (Å²) in [5, 5.41) is 6.23. The number of nitrogens with one attached hydrogen (secondary N) is 2. The molecule has 1 atom stereocenters. The third-order valence-electron chi connectivity index (χ3n) is 4.79. The molecule has 2 heterocycles. The molecular formula is C20H18ClN3O3. The molecule has 2 aliphatic heterocycles. The number of nitrogens with zero attached hydrogens (tertiary/aromatic N) is 1. The van der Waals surface area contributed by atoms with Crippen LogP contribution in [0.2, 0.25) is 5.02 Å². The van der Waals surface area contributed by atoms with E-state index in [1.807, 2.05) is 42.5 Å².